The number of thiophene rings is 1. The van der Waals surface area contributed by atoms with Crippen molar-refractivity contribution in [3.8, 4) is 0 Å². The van der Waals surface area contributed by atoms with Crippen molar-refractivity contribution >= 4 is 44.7 Å². The van der Waals surface area contributed by atoms with Gasteiger partial charge in [-0.25, -0.2) is 0 Å². The monoisotopic (exact) mass is 367 g/mol. The van der Waals surface area contributed by atoms with E-state index >= 15 is 0 Å². The van der Waals surface area contributed by atoms with E-state index in [0.717, 1.165) is 10.9 Å². The van der Waals surface area contributed by atoms with Crippen LogP contribution < -0.4 is 5.32 Å². The molecule has 1 unspecified atom stereocenters. The Morgan fingerprint density at radius 3 is 3.00 bits per heavy atom. The largest absolute Gasteiger partial charge is 0.378 e. The molecular weight excluding hydrogens is 350 g/mol. The molecule has 1 aliphatic rings. The number of hydrogen-bond donors (Lipinski definition) is 1. The van der Waals surface area contributed by atoms with Crippen LogP contribution in [0.4, 0.5) is 5.69 Å². The molecule has 0 fully saturated rings. The maximum absolute atomic E-state index is 3.77. The van der Waals surface area contributed by atoms with E-state index < -0.39 is 0 Å². The maximum Gasteiger partial charge on any atom is 0.0653 e. The lowest BCUT2D eigenvalue weighted by molar-refractivity contribution is 0.669. The van der Waals surface area contributed by atoms with Crippen molar-refractivity contribution in [2.75, 3.05) is 5.32 Å². The van der Waals surface area contributed by atoms with E-state index in [9.17, 15) is 0 Å². The Kier molecular flexibility index (Phi) is 4.43. The third-order valence-electron chi connectivity index (χ3n) is 3.69. The lowest BCUT2D eigenvalue weighted by Gasteiger charge is -2.29. The molecule has 2 atom stereocenters. The Morgan fingerprint density at radius 1 is 1.35 bits per heavy atom. The van der Waals surface area contributed by atoms with Gasteiger partial charge in [0.2, 0.25) is 0 Å². The molecule has 0 radical (unpaired) electrons. The standard InChI is InChI=1S/C16H18BrNS2/c1-3-11-9-12(17)4-5-14(11)18-15-8-10(2)20-16-13(15)6-7-19-16/h4-7,9-10,15,18H,3,8H2,1-2H3/t10-,15?/m0/s1. The topological polar surface area (TPSA) is 12.0 Å². The third-order valence-corrected chi connectivity index (χ3v) is 6.52. The zero-order valence-electron chi connectivity index (χ0n) is 11.7. The number of benzene rings is 1. The summed E-state index contributed by atoms with van der Waals surface area (Å²) in [6.07, 6.45) is 2.24. The molecule has 4 heteroatoms. The van der Waals surface area contributed by atoms with Gasteiger partial charge in [-0.05, 0) is 53.6 Å². The van der Waals surface area contributed by atoms with Crippen LogP contribution in [0, 0.1) is 0 Å². The predicted octanol–water partition coefficient (Wildman–Crippen LogP) is 6.11. The van der Waals surface area contributed by atoms with Crippen molar-refractivity contribution in [1.29, 1.82) is 0 Å². The summed E-state index contributed by atoms with van der Waals surface area (Å²) in [4.78, 5) is 0. The number of aryl methyl sites for hydroxylation is 1. The third kappa shape index (κ3) is 2.92. The van der Waals surface area contributed by atoms with Crippen LogP contribution in [0.2, 0.25) is 0 Å². The highest BCUT2D eigenvalue weighted by Crippen LogP contribution is 2.45. The second-order valence-electron chi connectivity index (χ2n) is 5.18. The summed E-state index contributed by atoms with van der Waals surface area (Å²) in [5, 5.41) is 6.67. The lowest BCUT2D eigenvalue weighted by Crippen LogP contribution is -2.19. The van der Waals surface area contributed by atoms with Gasteiger partial charge in [0.25, 0.3) is 0 Å². The second-order valence-corrected chi connectivity index (χ2v) is 8.72. The summed E-state index contributed by atoms with van der Waals surface area (Å²) >= 11 is 7.45. The summed E-state index contributed by atoms with van der Waals surface area (Å²) in [5.41, 5.74) is 4.13. The molecule has 2 aromatic rings. The number of halogens is 1. The molecule has 3 rings (SSSR count). The number of fused-ring (bicyclic) bond motifs is 1. The van der Waals surface area contributed by atoms with Crippen molar-refractivity contribution in [3.05, 3.63) is 45.2 Å². The van der Waals surface area contributed by atoms with Gasteiger partial charge in [0, 0.05) is 15.4 Å². The highest BCUT2D eigenvalue weighted by atomic mass is 79.9. The van der Waals surface area contributed by atoms with Crippen molar-refractivity contribution in [3.63, 3.8) is 0 Å². The van der Waals surface area contributed by atoms with Crippen molar-refractivity contribution < 1.29 is 0 Å². The first-order chi connectivity index (χ1) is 9.67. The van der Waals surface area contributed by atoms with Crippen LogP contribution in [-0.4, -0.2) is 5.25 Å². The molecule has 2 heterocycles. The first kappa shape index (κ1) is 14.5. The van der Waals surface area contributed by atoms with E-state index in [0.29, 0.717) is 11.3 Å². The summed E-state index contributed by atoms with van der Waals surface area (Å²) in [6, 6.07) is 9.26. The first-order valence-electron chi connectivity index (χ1n) is 6.96. The molecule has 20 heavy (non-hydrogen) atoms. The number of rotatable bonds is 3. The number of nitrogens with one attached hydrogen (secondary N) is 1. The predicted molar refractivity (Wildman–Crippen MR) is 94.1 cm³/mol. The van der Waals surface area contributed by atoms with E-state index in [1.165, 1.54) is 27.4 Å². The Morgan fingerprint density at radius 2 is 2.20 bits per heavy atom. The fourth-order valence-corrected chi connectivity index (χ4v) is 5.64. The van der Waals surface area contributed by atoms with E-state index in [1.54, 1.807) is 0 Å². The molecule has 1 N–H and O–H groups in total. The van der Waals surface area contributed by atoms with Crippen molar-refractivity contribution in [2.45, 2.75) is 42.2 Å². The van der Waals surface area contributed by atoms with Crippen LogP contribution in [0.15, 0.2) is 38.3 Å². The Labute approximate surface area is 137 Å². The Balaban J connectivity index is 1.89. The van der Waals surface area contributed by atoms with Gasteiger partial charge < -0.3 is 5.32 Å². The normalized spacial score (nSPS) is 21.6. The fraction of sp³-hybridized carbons (Fsp3) is 0.375. The van der Waals surface area contributed by atoms with Crippen molar-refractivity contribution in [1.82, 2.24) is 0 Å². The molecule has 1 aliphatic heterocycles. The van der Waals surface area contributed by atoms with Gasteiger partial charge in [-0.1, -0.05) is 29.8 Å². The summed E-state index contributed by atoms with van der Waals surface area (Å²) in [5.74, 6) is 0. The Bertz CT molecular complexity index is 608. The molecular formula is C16H18BrNS2. The highest BCUT2D eigenvalue weighted by molar-refractivity contribution is 9.10. The Hall–Kier alpha value is -0.450. The average molecular weight is 368 g/mol. The van der Waals surface area contributed by atoms with E-state index in [-0.39, 0.29) is 0 Å². The molecule has 1 nitrogen and oxygen atoms in total. The maximum atomic E-state index is 3.77. The molecule has 0 saturated carbocycles. The van der Waals surface area contributed by atoms with Crippen LogP contribution >= 0.6 is 39.0 Å². The van der Waals surface area contributed by atoms with Gasteiger partial charge in [-0.2, -0.15) is 0 Å². The molecule has 0 bridgehead atoms. The van der Waals surface area contributed by atoms with Gasteiger partial charge in [-0.3, -0.25) is 0 Å². The lowest BCUT2D eigenvalue weighted by atomic mass is 10.0. The van der Waals surface area contributed by atoms with E-state index in [1.807, 2.05) is 23.1 Å². The molecule has 1 aromatic carbocycles. The second kappa shape index (κ2) is 6.12. The van der Waals surface area contributed by atoms with Gasteiger partial charge in [0.1, 0.15) is 0 Å². The zero-order chi connectivity index (χ0) is 14.1. The summed E-state index contributed by atoms with van der Waals surface area (Å²) in [6.45, 7) is 4.53. The molecule has 0 saturated heterocycles. The number of anilines is 1. The summed E-state index contributed by atoms with van der Waals surface area (Å²) in [7, 11) is 0. The van der Waals surface area contributed by atoms with Crippen LogP contribution in [0.3, 0.4) is 0 Å². The van der Waals surface area contributed by atoms with Crippen LogP contribution in [0.5, 0.6) is 0 Å². The van der Waals surface area contributed by atoms with E-state index in [4.69, 9.17) is 0 Å². The molecule has 1 aromatic heterocycles. The molecule has 0 spiro atoms. The van der Waals surface area contributed by atoms with Crippen LogP contribution in [0.25, 0.3) is 0 Å². The SMILES string of the molecule is CCc1cc(Br)ccc1NC1C[C@H](C)Sc2sccc21. The van der Waals surface area contributed by atoms with Gasteiger partial charge >= 0.3 is 0 Å². The smallest absolute Gasteiger partial charge is 0.0653 e. The average Bonchev–Trinajstić information content (AvgIpc) is 2.88. The van der Waals surface area contributed by atoms with Crippen LogP contribution in [0.1, 0.15) is 37.4 Å². The number of thioether (sulfide) groups is 1. The zero-order valence-corrected chi connectivity index (χ0v) is 14.9. The van der Waals surface area contributed by atoms with Gasteiger partial charge in [0.15, 0.2) is 0 Å². The summed E-state index contributed by atoms with van der Waals surface area (Å²) < 4.78 is 2.64. The van der Waals surface area contributed by atoms with Crippen LogP contribution in [-0.2, 0) is 6.42 Å². The van der Waals surface area contributed by atoms with Crippen molar-refractivity contribution in [2.24, 2.45) is 0 Å². The minimum Gasteiger partial charge on any atom is -0.378 e. The molecule has 0 amide bonds. The minimum absolute atomic E-state index is 0.443. The fourth-order valence-electron chi connectivity index (χ4n) is 2.67. The van der Waals surface area contributed by atoms with E-state index in [2.05, 4.69) is 64.7 Å². The van der Waals surface area contributed by atoms with Gasteiger partial charge in [-0.15, -0.1) is 23.1 Å². The number of hydrogen-bond acceptors (Lipinski definition) is 3. The quantitative estimate of drug-likeness (QED) is 0.701. The molecule has 0 aliphatic carbocycles. The minimum atomic E-state index is 0.443. The first-order valence-corrected chi connectivity index (χ1v) is 9.51. The highest BCUT2D eigenvalue weighted by Gasteiger charge is 2.26. The van der Waals surface area contributed by atoms with Gasteiger partial charge in [0.05, 0.1) is 10.3 Å². The molecule has 106 valence electrons.